The minimum atomic E-state index is 0. The van der Waals surface area contributed by atoms with Gasteiger partial charge >= 0.3 is 18.9 Å². The standard InChI is InChI=1S/C12H12N.Li/c1-10-7-11(2)9-12(8-10)13-5-3-4-6-13;/h3-5,7-9H,1-2H3;/q-1;+1. The maximum Gasteiger partial charge on any atom is 1.00 e. The number of hydrogen-bond acceptors (Lipinski definition) is 0. The van der Waals surface area contributed by atoms with Gasteiger partial charge in [-0.2, -0.15) is 6.07 Å². The third kappa shape index (κ3) is 2.32. The average Bonchev–Trinajstić information content (AvgIpc) is 2.53. The summed E-state index contributed by atoms with van der Waals surface area (Å²) in [6.07, 6.45) is 5.13. The van der Waals surface area contributed by atoms with Crippen LogP contribution < -0.4 is 18.9 Å². The van der Waals surface area contributed by atoms with E-state index in [1.54, 1.807) is 0 Å². The number of hydrogen-bond donors (Lipinski definition) is 0. The van der Waals surface area contributed by atoms with Gasteiger partial charge in [0.15, 0.2) is 0 Å². The van der Waals surface area contributed by atoms with Crippen LogP contribution in [-0.4, -0.2) is 4.57 Å². The second-order valence-corrected chi connectivity index (χ2v) is 3.35. The zero-order chi connectivity index (χ0) is 9.26. The normalized spacial score (nSPS) is 9.57. The first-order valence-corrected chi connectivity index (χ1v) is 4.39. The minimum absolute atomic E-state index is 0. The maximum atomic E-state index is 3.12. The van der Waals surface area contributed by atoms with E-state index in [1.165, 1.54) is 16.8 Å². The van der Waals surface area contributed by atoms with Gasteiger partial charge in [0.1, 0.15) is 0 Å². The Balaban J connectivity index is 0.000000980. The van der Waals surface area contributed by atoms with Gasteiger partial charge < -0.3 is 4.57 Å². The van der Waals surface area contributed by atoms with Crippen LogP contribution in [0.25, 0.3) is 5.69 Å². The summed E-state index contributed by atoms with van der Waals surface area (Å²) in [4.78, 5) is 0. The molecule has 1 heterocycles. The van der Waals surface area contributed by atoms with Crippen molar-refractivity contribution < 1.29 is 18.9 Å². The number of rotatable bonds is 1. The van der Waals surface area contributed by atoms with Gasteiger partial charge in [-0.1, -0.05) is 35.5 Å². The van der Waals surface area contributed by atoms with Gasteiger partial charge in [-0.3, -0.25) is 0 Å². The molecule has 2 heteroatoms. The van der Waals surface area contributed by atoms with E-state index >= 15 is 0 Å². The molecule has 0 N–H and O–H groups in total. The fraction of sp³-hybridized carbons (Fsp3) is 0.167. The van der Waals surface area contributed by atoms with Crippen LogP contribution >= 0.6 is 0 Å². The molecule has 2 rings (SSSR count). The van der Waals surface area contributed by atoms with Crippen LogP contribution in [0, 0.1) is 20.0 Å². The number of nitrogens with zero attached hydrogens (tertiary/aromatic N) is 1. The first kappa shape index (κ1) is 11.2. The quantitative estimate of drug-likeness (QED) is 0.423. The van der Waals surface area contributed by atoms with Gasteiger partial charge in [-0.15, -0.1) is 12.3 Å². The van der Waals surface area contributed by atoms with Gasteiger partial charge in [0, 0.05) is 0 Å². The van der Waals surface area contributed by atoms with E-state index in [0.717, 1.165) is 0 Å². The Bertz CT molecular complexity index is 384. The third-order valence-electron chi connectivity index (χ3n) is 2.03. The second-order valence-electron chi connectivity index (χ2n) is 3.35. The van der Waals surface area contributed by atoms with E-state index in [-0.39, 0.29) is 18.9 Å². The van der Waals surface area contributed by atoms with E-state index in [0.29, 0.717) is 0 Å². The summed E-state index contributed by atoms with van der Waals surface area (Å²) < 4.78 is 2.00. The monoisotopic (exact) mass is 177 g/mol. The van der Waals surface area contributed by atoms with E-state index in [4.69, 9.17) is 0 Å². The number of aryl methyl sites for hydroxylation is 2. The third-order valence-corrected chi connectivity index (χ3v) is 2.03. The van der Waals surface area contributed by atoms with Gasteiger partial charge in [-0.05, 0) is 19.5 Å². The van der Waals surface area contributed by atoms with Crippen LogP contribution in [0.1, 0.15) is 11.1 Å². The van der Waals surface area contributed by atoms with Crippen molar-refractivity contribution >= 4 is 0 Å². The van der Waals surface area contributed by atoms with Gasteiger partial charge in [0.05, 0.1) is 0 Å². The van der Waals surface area contributed by atoms with E-state index < -0.39 is 0 Å². The predicted molar refractivity (Wildman–Crippen MR) is 54.1 cm³/mol. The molecular formula is C12H12LiN. The van der Waals surface area contributed by atoms with Crippen LogP contribution in [0.2, 0.25) is 0 Å². The molecule has 0 bridgehead atoms. The van der Waals surface area contributed by atoms with Gasteiger partial charge in [0.25, 0.3) is 0 Å². The van der Waals surface area contributed by atoms with Crippen molar-refractivity contribution in [2.75, 3.05) is 0 Å². The molecule has 0 atom stereocenters. The minimum Gasteiger partial charge on any atom is -0.450 e. The van der Waals surface area contributed by atoms with Gasteiger partial charge in [0.2, 0.25) is 0 Å². The molecule has 0 amide bonds. The SMILES string of the molecule is Cc1cc(C)cc(-n2[c-]ccc2)c1.[Li+]. The van der Waals surface area contributed by atoms with Crippen molar-refractivity contribution in [2.24, 2.45) is 0 Å². The summed E-state index contributed by atoms with van der Waals surface area (Å²) in [5, 5.41) is 0. The zero-order valence-electron chi connectivity index (χ0n) is 8.91. The molecule has 1 nitrogen and oxygen atoms in total. The Morgan fingerprint density at radius 3 is 2.21 bits per heavy atom. The fourth-order valence-electron chi connectivity index (χ4n) is 1.55. The summed E-state index contributed by atoms with van der Waals surface area (Å²) in [6, 6.07) is 10.4. The maximum absolute atomic E-state index is 3.12. The van der Waals surface area contributed by atoms with Crippen molar-refractivity contribution in [1.82, 2.24) is 4.57 Å². The van der Waals surface area contributed by atoms with Crippen molar-refractivity contribution in [3.63, 3.8) is 0 Å². The van der Waals surface area contributed by atoms with Crippen molar-refractivity contribution in [2.45, 2.75) is 13.8 Å². The summed E-state index contributed by atoms with van der Waals surface area (Å²) in [6.45, 7) is 4.22. The summed E-state index contributed by atoms with van der Waals surface area (Å²) in [7, 11) is 0. The largest absolute Gasteiger partial charge is 1.00 e. The Hall–Kier alpha value is -0.903. The summed E-state index contributed by atoms with van der Waals surface area (Å²) in [5.74, 6) is 0. The Labute approximate surface area is 96.9 Å². The number of benzene rings is 1. The van der Waals surface area contributed by atoms with Crippen molar-refractivity contribution in [1.29, 1.82) is 0 Å². The molecule has 0 aliphatic rings. The van der Waals surface area contributed by atoms with E-state index in [9.17, 15) is 0 Å². The summed E-state index contributed by atoms with van der Waals surface area (Å²) >= 11 is 0. The number of aromatic nitrogens is 1. The summed E-state index contributed by atoms with van der Waals surface area (Å²) in [5.41, 5.74) is 3.76. The van der Waals surface area contributed by atoms with Crippen molar-refractivity contribution in [3.05, 3.63) is 53.9 Å². The van der Waals surface area contributed by atoms with E-state index in [1.807, 2.05) is 22.9 Å². The molecule has 0 saturated carbocycles. The second kappa shape index (κ2) is 4.55. The molecule has 0 aliphatic heterocycles. The van der Waals surface area contributed by atoms with Crippen LogP contribution in [0.5, 0.6) is 0 Å². The Morgan fingerprint density at radius 2 is 1.71 bits per heavy atom. The predicted octanol–water partition coefficient (Wildman–Crippen LogP) is -0.102. The molecular weight excluding hydrogens is 165 g/mol. The smallest absolute Gasteiger partial charge is 0.450 e. The van der Waals surface area contributed by atoms with Crippen LogP contribution in [0.3, 0.4) is 0 Å². The molecule has 0 spiro atoms. The Morgan fingerprint density at radius 1 is 1.07 bits per heavy atom. The molecule has 0 radical (unpaired) electrons. The molecule has 0 fully saturated rings. The first-order chi connectivity index (χ1) is 6.25. The Kier molecular flexibility index (Phi) is 3.63. The van der Waals surface area contributed by atoms with Gasteiger partial charge in [-0.25, -0.2) is 0 Å². The molecule has 1 aromatic carbocycles. The molecule has 1 aromatic heterocycles. The van der Waals surface area contributed by atoms with E-state index in [2.05, 4.69) is 38.2 Å². The topological polar surface area (TPSA) is 4.93 Å². The molecule has 0 saturated heterocycles. The van der Waals surface area contributed by atoms with Crippen molar-refractivity contribution in [3.8, 4) is 5.69 Å². The average molecular weight is 177 g/mol. The van der Waals surface area contributed by atoms with Crippen LogP contribution in [0.4, 0.5) is 0 Å². The molecule has 0 unspecified atom stereocenters. The molecule has 14 heavy (non-hydrogen) atoms. The molecule has 66 valence electrons. The van der Waals surface area contributed by atoms with Crippen LogP contribution in [0.15, 0.2) is 36.5 Å². The van der Waals surface area contributed by atoms with Crippen LogP contribution in [-0.2, 0) is 0 Å². The molecule has 0 aliphatic carbocycles. The first-order valence-electron chi connectivity index (χ1n) is 4.39. The molecule has 2 aromatic rings. The fourth-order valence-corrected chi connectivity index (χ4v) is 1.55. The zero-order valence-corrected chi connectivity index (χ0v) is 8.91.